The maximum absolute atomic E-state index is 12.1. The standard InChI is InChI=1S/C15H26N2O.ClH/c1-10(2)16-9-14(18)17-15-6-11-3-12(7-15)5-13(4-11)8-15;/h10-13,16H,3-9H2,1-2H3,(H,17,18);1H. The predicted molar refractivity (Wildman–Crippen MR) is 79.4 cm³/mol. The van der Waals surface area contributed by atoms with Crippen molar-refractivity contribution in [3.05, 3.63) is 0 Å². The maximum Gasteiger partial charge on any atom is 0.234 e. The van der Waals surface area contributed by atoms with Crippen LogP contribution in [-0.2, 0) is 4.79 Å². The van der Waals surface area contributed by atoms with Gasteiger partial charge in [-0.3, -0.25) is 4.79 Å². The van der Waals surface area contributed by atoms with Gasteiger partial charge in [0.1, 0.15) is 0 Å². The van der Waals surface area contributed by atoms with Crippen LogP contribution < -0.4 is 10.6 Å². The van der Waals surface area contributed by atoms with E-state index in [2.05, 4.69) is 24.5 Å². The summed E-state index contributed by atoms with van der Waals surface area (Å²) >= 11 is 0. The van der Waals surface area contributed by atoms with E-state index in [9.17, 15) is 4.79 Å². The lowest BCUT2D eigenvalue weighted by atomic mass is 9.53. The predicted octanol–water partition coefficient (Wildman–Crippen LogP) is 2.49. The Bertz CT molecular complexity index is 308. The molecule has 0 aromatic rings. The van der Waals surface area contributed by atoms with Gasteiger partial charge in [-0.15, -0.1) is 12.4 Å². The number of hydrogen-bond acceptors (Lipinski definition) is 2. The van der Waals surface area contributed by atoms with Gasteiger partial charge in [0.05, 0.1) is 6.54 Å². The molecule has 0 spiro atoms. The molecule has 4 aliphatic rings. The molecule has 0 unspecified atom stereocenters. The van der Waals surface area contributed by atoms with E-state index in [-0.39, 0.29) is 23.9 Å². The summed E-state index contributed by atoms with van der Waals surface area (Å²) in [6.07, 6.45) is 8.02. The highest BCUT2D eigenvalue weighted by Gasteiger charge is 2.51. The number of hydrogen-bond donors (Lipinski definition) is 2. The Morgan fingerprint density at radius 3 is 2.00 bits per heavy atom. The van der Waals surface area contributed by atoms with Gasteiger partial charge in [0.25, 0.3) is 0 Å². The molecule has 19 heavy (non-hydrogen) atoms. The van der Waals surface area contributed by atoms with Crippen LogP contribution in [0.4, 0.5) is 0 Å². The lowest BCUT2D eigenvalue weighted by Crippen LogP contribution is -2.61. The topological polar surface area (TPSA) is 41.1 Å². The summed E-state index contributed by atoms with van der Waals surface area (Å²) in [7, 11) is 0. The van der Waals surface area contributed by atoms with Gasteiger partial charge in [-0.25, -0.2) is 0 Å². The average Bonchev–Trinajstić information content (AvgIpc) is 2.23. The minimum atomic E-state index is 0. The van der Waals surface area contributed by atoms with Crippen molar-refractivity contribution in [1.82, 2.24) is 10.6 Å². The van der Waals surface area contributed by atoms with E-state index < -0.39 is 0 Å². The van der Waals surface area contributed by atoms with Gasteiger partial charge in [-0.2, -0.15) is 0 Å². The molecule has 0 saturated heterocycles. The zero-order chi connectivity index (χ0) is 12.8. The lowest BCUT2D eigenvalue weighted by Gasteiger charge is -2.56. The first-order valence-corrected chi connectivity index (χ1v) is 7.59. The second kappa shape index (κ2) is 5.61. The second-order valence-corrected chi connectivity index (χ2v) is 7.28. The first-order valence-electron chi connectivity index (χ1n) is 7.59. The van der Waals surface area contributed by atoms with Gasteiger partial charge < -0.3 is 10.6 Å². The van der Waals surface area contributed by atoms with Crippen LogP contribution in [0.5, 0.6) is 0 Å². The molecule has 4 heteroatoms. The molecular weight excluding hydrogens is 260 g/mol. The van der Waals surface area contributed by atoms with Crippen LogP contribution in [0.1, 0.15) is 52.4 Å². The van der Waals surface area contributed by atoms with Crippen LogP contribution in [0.3, 0.4) is 0 Å². The Labute approximate surface area is 122 Å². The Morgan fingerprint density at radius 2 is 1.58 bits per heavy atom. The van der Waals surface area contributed by atoms with Crippen molar-refractivity contribution >= 4 is 18.3 Å². The summed E-state index contributed by atoms with van der Waals surface area (Å²) in [5.74, 6) is 2.89. The highest BCUT2D eigenvalue weighted by molar-refractivity contribution is 5.85. The molecule has 0 aliphatic heterocycles. The van der Waals surface area contributed by atoms with E-state index in [1.165, 1.54) is 38.5 Å². The van der Waals surface area contributed by atoms with E-state index in [1.807, 2.05) is 0 Å². The molecule has 4 saturated carbocycles. The number of halogens is 1. The Balaban J connectivity index is 0.00000133. The molecule has 1 amide bonds. The molecule has 0 aromatic heterocycles. The van der Waals surface area contributed by atoms with Gasteiger partial charge >= 0.3 is 0 Å². The van der Waals surface area contributed by atoms with E-state index in [4.69, 9.17) is 0 Å². The van der Waals surface area contributed by atoms with E-state index in [0.717, 1.165) is 17.8 Å². The largest absolute Gasteiger partial charge is 0.350 e. The molecule has 0 aromatic carbocycles. The fourth-order valence-corrected chi connectivity index (χ4v) is 4.90. The molecule has 4 aliphatic carbocycles. The zero-order valence-corrected chi connectivity index (χ0v) is 12.9. The monoisotopic (exact) mass is 286 g/mol. The first-order chi connectivity index (χ1) is 8.55. The molecule has 0 heterocycles. The number of carbonyl (C=O) groups excluding carboxylic acids is 1. The van der Waals surface area contributed by atoms with E-state index in [1.54, 1.807) is 0 Å². The number of carbonyl (C=O) groups is 1. The van der Waals surface area contributed by atoms with Crippen molar-refractivity contribution in [3.63, 3.8) is 0 Å². The van der Waals surface area contributed by atoms with Gasteiger partial charge in [-0.1, -0.05) is 13.8 Å². The van der Waals surface area contributed by atoms with Gasteiger partial charge in [-0.05, 0) is 56.3 Å². The molecule has 0 radical (unpaired) electrons. The number of nitrogens with one attached hydrogen (secondary N) is 2. The smallest absolute Gasteiger partial charge is 0.234 e. The number of amides is 1. The van der Waals surface area contributed by atoms with Crippen molar-refractivity contribution in [1.29, 1.82) is 0 Å². The molecule has 4 bridgehead atoms. The third-order valence-corrected chi connectivity index (χ3v) is 5.11. The van der Waals surface area contributed by atoms with Crippen LogP contribution in [-0.4, -0.2) is 24.0 Å². The number of rotatable bonds is 4. The molecule has 3 nitrogen and oxygen atoms in total. The van der Waals surface area contributed by atoms with Crippen LogP contribution in [0.15, 0.2) is 0 Å². The third-order valence-electron chi connectivity index (χ3n) is 5.11. The second-order valence-electron chi connectivity index (χ2n) is 7.28. The third kappa shape index (κ3) is 3.25. The Kier molecular flexibility index (Phi) is 4.46. The SMILES string of the molecule is CC(C)NCC(=O)NC12CC3CC(CC(C3)C1)C2.Cl. The van der Waals surface area contributed by atoms with Gasteiger partial charge in [0.15, 0.2) is 0 Å². The summed E-state index contributed by atoms with van der Waals surface area (Å²) in [5, 5.41) is 6.59. The summed E-state index contributed by atoms with van der Waals surface area (Å²) in [6.45, 7) is 4.63. The summed E-state index contributed by atoms with van der Waals surface area (Å²) < 4.78 is 0. The minimum absolute atomic E-state index is 0. The highest BCUT2D eigenvalue weighted by Crippen LogP contribution is 2.55. The normalized spacial score (nSPS) is 39.2. The summed E-state index contributed by atoms with van der Waals surface area (Å²) in [5.41, 5.74) is 0.171. The van der Waals surface area contributed by atoms with Crippen LogP contribution >= 0.6 is 12.4 Å². The first kappa shape index (κ1) is 15.1. The van der Waals surface area contributed by atoms with Crippen molar-refractivity contribution in [2.75, 3.05) is 6.54 Å². The van der Waals surface area contributed by atoms with E-state index in [0.29, 0.717) is 12.6 Å². The van der Waals surface area contributed by atoms with Crippen LogP contribution in [0.2, 0.25) is 0 Å². The minimum Gasteiger partial charge on any atom is -0.350 e. The average molecular weight is 287 g/mol. The Morgan fingerprint density at radius 1 is 1.11 bits per heavy atom. The fourth-order valence-electron chi connectivity index (χ4n) is 4.90. The van der Waals surface area contributed by atoms with Crippen molar-refractivity contribution in [2.45, 2.75) is 64.0 Å². The summed E-state index contributed by atoms with van der Waals surface area (Å²) in [6, 6.07) is 0.382. The van der Waals surface area contributed by atoms with Crippen molar-refractivity contribution < 1.29 is 4.79 Å². The molecule has 4 fully saturated rings. The molecular formula is C15H27ClN2O. The molecule has 4 rings (SSSR count). The van der Waals surface area contributed by atoms with Crippen LogP contribution in [0, 0.1) is 17.8 Å². The van der Waals surface area contributed by atoms with Crippen LogP contribution in [0.25, 0.3) is 0 Å². The Hall–Kier alpha value is -0.280. The van der Waals surface area contributed by atoms with Gasteiger partial charge in [0.2, 0.25) is 5.91 Å². The van der Waals surface area contributed by atoms with E-state index >= 15 is 0 Å². The maximum atomic E-state index is 12.1. The lowest BCUT2D eigenvalue weighted by molar-refractivity contribution is -0.126. The zero-order valence-electron chi connectivity index (χ0n) is 12.1. The van der Waals surface area contributed by atoms with Crippen molar-refractivity contribution in [3.8, 4) is 0 Å². The summed E-state index contributed by atoms with van der Waals surface area (Å²) in [4.78, 5) is 12.1. The molecule has 0 atom stereocenters. The van der Waals surface area contributed by atoms with Gasteiger partial charge in [0, 0.05) is 11.6 Å². The fraction of sp³-hybridized carbons (Fsp3) is 0.933. The van der Waals surface area contributed by atoms with Crippen molar-refractivity contribution in [2.24, 2.45) is 17.8 Å². The molecule has 110 valence electrons. The quantitative estimate of drug-likeness (QED) is 0.834. The highest BCUT2D eigenvalue weighted by atomic mass is 35.5. The molecule has 2 N–H and O–H groups in total.